The minimum Gasteiger partial charge on any atom is -0.494 e. The molecule has 0 aliphatic carbocycles. The second-order valence-corrected chi connectivity index (χ2v) is 5.86. The van der Waals surface area contributed by atoms with Crippen molar-refractivity contribution in [1.29, 1.82) is 0 Å². The zero-order valence-corrected chi connectivity index (χ0v) is 12.5. The van der Waals surface area contributed by atoms with Gasteiger partial charge in [0.2, 0.25) is 4.96 Å². The van der Waals surface area contributed by atoms with Crippen molar-refractivity contribution in [3.8, 4) is 17.0 Å². The van der Waals surface area contributed by atoms with E-state index < -0.39 is 0 Å². The van der Waals surface area contributed by atoms with Gasteiger partial charge in [0.05, 0.1) is 18.5 Å². The molecule has 104 valence electrons. The number of imidazole rings is 1. The van der Waals surface area contributed by atoms with Crippen LogP contribution in [0.15, 0.2) is 30.5 Å². The molecular weight excluding hydrogens is 270 g/mol. The molecular formula is C15H17N3OS. The van der Waals surface area contributed by atoms with Gasteiger partial charge in [0.1, 0.15) is 10.8 Å². The van der Waals surface area contributed by atoms with Crippen molar-refractivity contribution in [2.24, 2.45) is 0 Å². The highest BCUT2D eigenvalue weighted by Gasteiger charge is 2.07. The van der Waals surface area contributed by atoms with Gasteiger partial charge in [0.25, 0.3) is 0 Å². The maximum Gasteiger partial charge on any atom is 0.212 e. The Morgan fingerprint density at radius 2 is 2.05 bits per heavy atom. The third kappa shape index (κ3) is 2.67. The monoisotopic (exact) mass is 287 g/mol. The highest BCUT2D eigenvalue weighted by molar-refractivity contribution is 7.16. The van der Waals surface area contributed by atoms with Crippen LogP contribution in [0.25, 0.3) is 16.2 Å². The van der Waals surface area contributed by atoms with Crippen molar-refractivity contribution in [2.45, 2.75) is 26.7 Å². The van der Waals surface area contributed by atoms with E-state index in [2.05, 4.69) is 17.0 Å². The van der Waals surface area contributed by atoms with Crippen molar-refractivity contribution in [3.63, 3.8) is 0 Å². The summed E-state index contributed by atoms with van der Waals surface area (Å²) in [5, 5.41) is 5.40. The molecule has 2 aromatic heterocycles. The van der Waals surface area contributed by atoms with Crippen LogP contribution >= 0.6 is 11.3 Å². The van der Waals surface area contributed by atoms with Gasteiger partial charge in [-0.3, -0.25) is 0 Å². The zero-order chi connectivity index (χ0) is 13.9. The van der Waals surface area contributed by atoms with E-state index in [9.17, 15) is 0 Å². The van der Waals surface area contributed by atoms with E-state index in [1.807, 2.05) is 41.9 Å². The Morgan fingerprint density at radius 3 is 2.75 bits per heavy atom. The average Bonchev–Trinajstić information content (AvgIpc) is 2.97. The molecule has 0 saturated heterocycles. The number of aryl methyl sites for hydroxylation is 1. The van der Waals surface area contributed by atoms with Gasteiger partial charge in [-0.1, -0.05) is 24.7 Å². The number of rotatable bonds is 5. The summed E-state index contributed by atoms with van der Waals surface area (Å²) in [4.78, 5) is 5.52. The van der Waals surface area contributed by atoms with Gasteiger partial charge in [-0.2, -0.15) is 5.10 Å². The van der Waals surface area contributed by atoms with E-state index >= 15 is 0 Å². The standard InChI is InChI=1S/C15H17N3OS/c1-3-4-9-19-13-7-5-12(6-8-13)14-10-18-15(16-14)20-11(2)17-18/h5-8,10H,3-4,9H2,1-2H3. The SMILES string of the molecule is CCCCOc1ccc(-c2cn3nc(C)sc3n2)cc1. The summed E-state index contributed by atoms with van der Waals surface area (Å²) in [5.41, 5.74) is 2.03. The maximum absolute atomic E-state index is 5.66. The molecule has 0 unspecified atom stereocenters. The number of benzene rings is 1. The molecule has 20 heavy (non-hydrogen) atoms. The summed E-state index contributed by atoms with van der Waals surface area (Å²) < 4.78 is 7.50. The van der Waals surface area contributed by atoms with Crippen LogP contribution in [0.3, 0.4) is 0 Å². The molecule has 0 aliphatic rings. The largest absolute Gasteiger partial charge is 0.494 e. The Hall–Kier alpha value is -1.88. The predicted octanol–water partition coefficient (Wildman–Crippen LogP) is 3.95. The molecule has 0 atom stereocenters. The summed E-state index contributed by atoms with van der Waals surface area (Å²) in [6.07, 6.45) is 4.20. The van der Waals surface area contributed by atoms with Crippen molar-refractivity contribution in [1.82, 2.24) is 14.6 Å². The molecule has 0 saturated carbocycles. The van der Waals surface area contributed by atoms with Crippen LogP contribution in [-0.4, -0.2) is 21.2 Å². The van der Waals surface area contributed by atoms with Crippen LogP contribution in [0.5, 0.6) is 5.75 Å². The Morgan fingerprint density at radius 1 is 1.25 bits per heavy atom. The lowest BCUT2D eigenvalue weighted by molar-refractivity contribution is 0.309. The fourth-order valence-electron chi connectivity index (χ4n) is 2.00. The van der Waals surface area contributed by atoms with Crippen LogP contribution in [0.2, 0.25) is 0 Å². The van der Waals surface area contributed by atoms with Crippen molar-refractivity contribution < 1.29 is 4.74 Å². The summed E-state index contributed by atoms with van der Waals surface area (Å²) in [6.45, 7) is 4.92. The van der Waals surface area contributed by atoms with Gasteiger partial charge in [-0.15, -0.1) is 0 Å². The number of unbranched alkanes of at least 4 members (excludes halogenated alkanes) is 1. The lowest BCUT2D eigenvalue weighted by Crippen LogP contribution is -1.95. The van der Waals surface area contributed by atoms with E-state index in [0.717, 1.165) is 46.4 Å². The van der Waals surface area contributed by atoms with E-state index in [1.165, 1.54) is 0 Å². The first-order chi connectivity index (χ1) is 9.76. The van der Waals surface area contributed by atoms with Crippen LogP contribution < -0.4 is 4.74 Å². The molecule has 0 radical (unpaired) electrons. The minimum atomic E-state index is 0.777. The first-order valence-corrected chi connectivity index (χ1v) is 7.64. The highest BCUT2D eigenvalue weighted by Crippen LogP contribution is 2.24. The van der Waals surface area contributed by atoms with E-state index in [4.69, 9.17) is 4.74 Å². The number of nitrogens with zero attached hydrogens (tertiary/aromatic N) is 3. The molecule has 5 heteroatoms. The first kappa shape index (κ1) is 13.1. The molecule has 1 aromatic carbocycles. The quantitative estimate of drug-likeness (QED) is 0.667. The molecule has 4 nitrogen and oxygen atoms in total. The van der Waals surface area contributed by atoms with E-state index in [-0.39, 0.29) is 0 Å². The summed E-state index contributed by atoms with van der Waals surface area (Å²) in [5.74, 6) is 0.914. The molecule has 2 heterocycles. The van der Waals surface area contributed by atoms with Crippen molar-refractivity contribution in [2.75, 3.05) is 6.61 Å². The van der Waals surface area contributed by atoms with Gasteiger partial charge in [-0.25, -0.2) is 9.50 Å². The van der Waals surface area contributed by atoms with Crippen LogP contribution in [-0.2, 0) is 0 Å². The fraction of sp³-hybridized carbons (Fsp3) is 0.333. The second-order valence-electron chi connectivity index (χ2n) is 4.70. The smallest absolute Gasteiger partial charge is 0.212 e. The summed E-state index contributed by atoms with van der Waals surface area (Å²) >= 11 is 1.60. The Bertz CT molecular complexity index is 668. The zero-order valence-electron chi connectivity index (χ0n) is 11.7. The van der Waals surface area contributed by atoms with Crippen molar-refractivity contribution >= 4 is 16.3 Å². The molecule has 0 amide bonds. The molecule has 0 fully saturated rings. The van der Waals surface area contributed by atoms with Crippen LogP contribution in [0, 0.1) is 6.92 Å². The number of hydrogen-bond acceptors (Lipinski definition) is 4. The lowest BCUT2D eigenvalue weighted by Gasteiger charge is -2.05. The maximum atomic E-state index is 5.66. The lowest BCUT2D eigenvalue weighted by atomic mass is 10.2. The third-order valence-electron chi connectivity index (χ3n) is 3.06. The number of fused-ring (bicyclic) bond motifs is 1. The highest BCUT2D eigenvalue weighted by atomic mass is 32.1. The second kappa shape index (κ2) is 5.63. The topological polar surface area (TPSA) is 39.4 Å². The molecule has 0 aliphatic heterocycles. The molecule has 3 aromatic rings. The van der Waals surface area contributed by atoms with Gasteiger partial charge in [0, 0.05) is 5.56 Å². The van der Waals surface area contributed by atoms with E-state index in [1.54, 1.807) is 11.3 Å². The Balaban J connectivity index is 1.77. The van der Waals surface area contributed by atoms with Gasteiger partial charge in [-0.05, 0) is 37.6 Å². The van der Waals surface area contributed by atoms with Gasteiger partial charge < -0.3 is 4.74 Å². The van der Waals surface area contributed by atoms with Gasteiger partial charge >= 0.3 is 0 Å². The van der Waals surface area contributed by atoms with E-state index in [0.29, 0.717) is 0 Å². The third-order valence-corrected chi connectivity index (χ3v) is 3.90. The average molecular weight is 287 g/mol. The van der Waals surface area contributed by atoms with Crippen LogP contribution in [0.4, 0.5) is 0 Å². The molecule has 0 N–H and O–H groups in total. The minimum absolute atomic E-state index is 0.777. The fourth-order valence-corrected chi connectivity index (χ4v) is 2.72. The summed E-state index contributed by atoms with van der Waals surface area (Å²) in [6, 6.07) is 8.08. The molecule has 0 spiro atoms. The normalized spacial score (nSPS) is 11.1. The number of hydrogen-bond donors (Lipinski definition) is 0. The molecule has 3 rings (SSSR count). The van der Waals surface area contributed by atoms with Crippen molar-refractivity contribution in [3.05, 3.63) is 35.5 Å². The Labute approximate surface area is 122 Å². The predicted molar refractivity (Wildman–Crippen MR) is 81.4 cm³/mol. The summed E-state index contributed by atoms with van der Waals surface area (Å²) in [7, 11) is 0. The number of ether oxygens (including phenoxy) is 1. The van der Waals surface area contributed by atoms with Gasteiger partial charge in [0.15, 0.2) is 0 Å². The first-order valence-electron chi connectivity index (χ1n) is 6.82. The van der Waals surface area contributed by atoms with Crippen LogP contribution in [0.1, 0.15) is 24.8 Å². The molecule has 0 bridgehead atoms. The number of aromatic nitrogens is 3. The Kier molecular flexibility index (Phi) is 3.69.